The second-order valence-electron chi connectivity index (χ2n) is 2.83. The summed E-state index contributed by atoms with van der Waals surface area (Å²) in [5, 5.41) is 8.92. The second-order valence-corrected chi connectivity index (χ2v) is 4.03. The van der Waals surface area contributed by atoms with Gasteiger partial charge >= 0.3 is 5.97 Å². The van der Waals surface area contributed by atoms with Crippen LogP contribution < -0.4 is 0 Å². The normalized spacial score (nSPS) is 12.7. The summed E-state index contributed by atoms with van der Waals surface area (Å²) in [7, 11) is 0. The predicted molar refractivity (Wildman–Crippen MR) is 55.7 cm³/mol. The zero-order valence-electron chi connectivity index (χ0n) is 8.32. The Morgan fingerprint density at radius 3 is 2.71 bits per heavy atom. The number of ether oxygens (including phenoxy) is 1. The second kappa shape index (κ2) is 5.12. The van der Waals surface area contributed by atoms with Gasteiger partial charge in [-0.25, -0.2) is 4.79 Å². The molecule has 78 valence electrons. The lowest BCUT2D eigenvalue weighted by Crippen LogP contribution is -2.13. The van der Waals surface area contributed by atoms with E-state index in [1.807, 2.05) is 19.1 Å². The van der Waals surface area contributed by atoms with E-state index in [2.05, 4.69) is 0 Å². The predicted octanol–water partition coefficient (Wildman–Crippen LogP) is 2.47. The summed E-state index contributed by atoms with van der Waals surface area (Å²) < 4.78 is 5.16. The van der Waals surface area contributed by atoms with Crippen molar-refractivity contribution in [3.8, 4) is 0 Å². The summed E-state index contributed by atoms with van der Waals surface area (Å²) >= 11 is 1.50. The SMILES string of the molecule is CCOC(C(=O)O)c1ccc(CC)s1. The van der Waals surface area contributed by atoms with Gasteiger partial charge in [0.25, 0.3) is 0 Å². The Balaban J connectivity index is 2.81. The highest BCUT2D eigenvalue weighted by Crippen LogP contribution is 2.26. The minimum atomic E-state index is -0.920. The minimum Gasteiger partial charge on any atom is -0.479 e. The smallest absolute Gasteiger partial charge is 0.338 e. The number of carboxylic acids is 1. The molecule has 1 aromatic heterocycles. The van der Waals surface area contributed by atoms with E-state index in [1.165, 1.54) is 16.2 Å². The van der Waals surface area contributed by atoms with E-state index < -0.39 is 12.1 Å². The molecule has 0 aliphatic rings. The highest BCUT2D eigenvalue weighted by molar-refractivity contribution is 7.12. The summed E-state index contributed by atoms with van der Waals surface area (Å²) in [5.41, 5.74) is 0. The largest absolute Gasteiger partial charge is 0.479 e. The van der Waals surface area contributed by atoms with Crippen LogP contribution in [0.15, 0.2) is 12.1 Å². The lowest BCUT2D eigenvalue weighted by Gasteiger charge is -2.09. The highest BCUT2D eigenvalue weighted by atomic mass is 32.1. The number of hydrogen-bond acceptors (Lipinski definition) is 3. The zero-order chi connectivity index (χ0) is 10.6. The lowest BCUT2D eigenvalue weighted by atomic mass is 10.3. The Bertz CT molecular complexity index is 306. The Labute approximate surface area is 87.3 Å². The van der Waals surface area contributed by atoms with Gasteiger partial charge < -0.3 is 9.84 Å². The Morgan fingerprint density at radius 1 is 1.57 bits per heavy atom. The van der Waals surface area contributed by atoms with E-state index in [-0.39, 0.29) is 0 Å². The monoisotopic (exact) mass is 214 g/mol. The first-order valence-corrected chi connectivity index (χ1v) is 5.43. The van der Waals surface area contributed by atoms with Gasteiger partial charge in [0.05, 0.1) is 0 Å². The van der Waals surface area contributed by atoms with Gasteiger partial charge in [0.15, 0.2) is 6.10 Å². The molecule has 1 rings (SSSR count). The molecule has 0 fully saturated rings. The summed E-state index contributed by atoms with van der Waals surface area (Å²) in [6.45, 7) is 4.26. The molecule has 0 aromatic carbocycles. The van der Waals surface area contributed by atoms with Crippen molar-refractivity contribution < 1.29 is 14.6 Å². The number of hydrogen-bond donors (Lipinski definition) is 1. The van der Waals surface area contributed by atoms with Crippen molar-refractivity contribution in [3.63, 3.8) is 0 Å². The van der Waals surface area contributed by atoms with Crippen LogP contribution in [0.4, 0.5) is 0 Å². The average molecular weight is 214 g/mol. The van der Waals surface area contributed by atoms with Crippen LogP contribution in [0, 0.1) is 0 Å². The fourth-order valence-corrected chi connectivity index (χ4v) is 2.16. The van der Waals surface area contributed by atoms with Crippen molar-refractivity contribution in [2.75, 3.05) is 6.61 Å². The molecule has 0 spiro atoms. The van der Waals surface area contributed by atoms with Crippen molar-refractivity contribution >= 4 is 17.3 Å². The van der Waals surface area contributed by atoms with Crippen molar-refractivity contribution in [3.05, 3.63) is 21.9 Å². The van der Waals surface area contributed by atoms with Gasteiger partial charge in [-0.05, 0) is 25.5 Å². The van der Waals surface area contributed by atoms with Gasteiger partial charge in [0, 0.05) is 16.4 Å². The number of thiophene rings is 1. The summed E-state index contributed by atoms with van der Waals surface area (Å²) in [5.74, 6) is -0.920. The van der Waals surface area contributed by atoms with Gasteiger partial charge in [-0.15, -0.1) is 11.3 Å². The number of rotatable bonds is 5. The van der Waals surface area contributed by atoms with Crippen LogP contribution in [-0.2, 0) is 16.0 Å². The van der Waals surface area contributed by atoms with E-state index in [9.17, 15) is 4.79 Å². The molecule has 1 aromatic rings. The minimum absolute atomic E-state index is 0.413. The fourth-order valence-electron chi connectivity index (χ4n) is 1.17. The van der Waals surface area contributed by atoms with Crippen LogP contribution in [0.25, 0.3) is 0 Å². The number of aliphatic carboxylic acids is 1. The average Bonchev–Trinajstić information content (AvgIpc) is 2.61. The quantitative estimate of drug-likeness (QED) is 0.819. The molecule has 14 heavy (non-hydrogen) atoms. The third kappa shape index (κ3) is 2.56. The molecule has 0 amide bonds. The van der Waals surface area contributed by atoms with E-state index in [0.29, 0.717) is 6.61 Å². The van der Waals surface area contributed by atoms with E-state index in [0.717, 1.165) is 11.3 Å². The molecule has 0 saturated carbocycles. The first-order valence-electron chi connectivity index (χ1n) is 4.62. The molecular formula is C10H14O3S. The topological polar surface area (TPSA) is 46.5 Å². The van der Waals surface area contributed by atoms with Crippen LogP contribution in [0.3, 0.4) is 0 Å². The summed E-state index contributed by atoms with van der Waals surface area (Å²) in [6, 6.07) is 3.78. The first kappa shape index (κ1) is 11.2. The summed E-state index contributed by atoms with van der Waals surface area (Å²) in [4.78, 5) is 12.8. The molecule has 0 bridgehead atoms. The van der Waals surface area contributed by atoms with Crippen molar-refractivity contribution in [2.24, 2.45) is 0 Å². The molecule has 4 heteroatoms. The molecule has 0 aliphatic heterocycles. The Kier molecular flexibility index (Phi) is 4.10. The molecule has 0 aliphatic carbocycles. The molecule has 0 radical (unpaired) electrons. The van der Waals surface area contributed by atoms with Gasteiger partial charge in [-0.2, -0.15) is 0 Å². The molecule has 1 N–H and O–H groups in total. The van der Waals surface area contributed by atoms with Crippen LogP contribution in [0.2, 0.25) is 0 Å². The number of aryl methyl sites for hydroxylation is 1. The van der Waals surface area contributed by atoms with Gasteiger partial charge in [0.1, 0.15) is 0 Å². The van der Waals surface area contributed by atoms with Crippen LogP contribution in [-0.4, -0.2) is 17.7 Å². The maximum atomic E-state index is 10.9. The van der Waals surface area contributed by atoms with E-state index in [1.54, 1.807) is 6.92 Å². The van der Waals surface area contributed by atoms with Crippen LogP contribution >= 0.6 is 11.3 Å². The molecule has 1 unspecified atom stereocenters. The highest BCUT2D eigenvalue weighted by Gasteiger charge is 2.21. The van der Waals surface area contributed by atoms with Crippen LogP contribution in [0.1, 0.15) is 29.7 Å². The van der Waals surface area contributed by atoms with Gasteiger partial charge in [-0.1, -0.05) is 6.92 Å². The van der Waals surface area contributed by atoms with Crippen LogP contribution in [0.5, 0.6) is 0 Å². The van der Waals surface area contributed by atoms with Gasteiger partial charge in [-0.3, -0.25) is 0 Å². The molecule has 0 saturated heterocycles. The van der Waals surface area contributed by atoms with Crippen molar-refractivity contribution in [1.29, 1.82) is 0 Å². The molecule has 1 atom stereocenters. The van der Waals surface area contributed by atoms with Gasteiger partial charge in [0.2, 0.25) is 0 Å². The molecular weight excluding hydrogens is 200 g/mol. The summed E-state index contributed by atoms with van der Waals surface area (Å²) in [6.07, 6.45) is 0.133. The zero-order valence-corrected chi connectivity index (χ0v) is 9.13. The van der Waals surface area contributed by atoms with Crippen molar-refractivity contribution in [2.45, 2.75) is 26.4 Å². The maximum Gasteiger partial charge on any atom is 0.338 e. The molecule has 1 heterocycles. The van der Waals surface area contributed by atoms with Crippen molar-refractivity contribution in [1.82, 2.24) is 0 Å². The standard InChI is InChI=1S/C10H14O3S/c1-3-7-5-6-8(14-7)9(10(11)12)13-4-2/h5-6,9H,3-4H2,1-2H3,(H,11,12). The lowest BCUT2D eigenvalue weighted by molar-refractivity contribution is -0.150. The number of carboxylic acid groups (broad SMARTS) is 1. The van der Waals surface area contributed by atoms with E-state index >= 15 is 0 Å². The molecule has 3 nitrogen and oxygen atoms in total. The first-order chi connectivity index (χ1) is 6.69. The Morgan fingerprint density at radius 2 is 2.29 bits per heavy atom. The number of carbonyl (C=O) groups is 1. The maximum absolute atomic E-state index is 10.9. The third-order valence-corrected chi connectivity index (χ3v) is 3.12. The third-order valence-electron chi connectivity index (χ3n) is 1.85. The van der Waals surface area contributed by atoms with E-state index in [4.69, 9.17) is 9.84 Å². The fraction of sp³-hybridized carbons (Fsp3) is 0.500. The Hall–Kier alpha value is -0.870.